The molecule has 0 fully saturated rings. The second-order valence-corrected chi connectivity index (χ2v) is 7.45. The van der Waals surface area contributed by atoms with Crippen LogP contribution in [0.2, 0.25) is 10.0 Å². The van der Waals surface area contributed by atoms with Crippen LogP contribution in [0, 0.1) is 0 Å². The first-order valence-electron chi connectivity index (χ1n) is 9.89. The molecule has 0 spiro atoms. The second kappa shape index (κ2) is 11.9. The van der Waals surface area contributed by atoms with E-state index in [4.69, 9.17) is 37.4 Å². The van der Waals surface area contributed by atoms with E-state index in [0.29, 0.717) is 39.3 Å². The molecule has 9 heteroatoms. The summed E-state index contributed by atoms with van der Waals surface area (Å²) >= 11 is 11.7. The van der Waals surface area contributed by atoms with Gasteiger partial charge in [0.2, 0.25) is 0 Å². The van der Waals surface area contributed by atoms with E-state index in [1.807, 2.05) is 6.92 Å². The number of nitrogens with one attached hydrogen (secondary N) is 1. The number of esters is 1. The SMILES string of the molecule is CCOc1cc(C=NNC(=O)COc2cccc(Cl)c2)ccc1OC(=O)c1ccc(Cl)cc1. The summed E-state index contributed by atoms with van der Waals surface area (Å²) in [4.78, 5) is 24.3. The molecule has 0 bridgehead atoms. The molecular formula is C24H20Cl2N2O5. The van der Waals surface area contributed by atoms with E-state index in [-0.39, 0.29) is 12.4 Å². The van der Waals surface area contributed by atoms with E-state index in [1.165, 1.54) is 6.21 Å². The number of benzene rings is 3. The Bertz CT molecular complexity index is 1150. The summed E-state index contributed by atoms with van der Waals surface area (Å²) in [6.45, 7) is 1.96. The number of hydrogen-bond donors (Lipinski definition) is 1. The first-order valence-corrected chi connectivity index (χ1v) is 10.6. The average molecular weight is 487 g/mol. The number of nitrogens with zero attached hydrogens (tertiary/aromatic N) is 1. The minimum absolute atomic E-state index is 0.221. The Balaban J connectivity index is 1.59. The zero-order chi connectivity index (χ0) is 23.6. The smallest absolute Gasteiger partial charge is 0.343 e. The summed E-state index contributed by atoms with van der Waals surface area (Å²) < 4.78 is 16.4. The van der Waals surface area contributed by atoms with E-state index in [9.17, 15) is 9.59 Å². The van der Waals surface area contributed by atoms with E-state index >= 15 is 0 Å². The topological polar surface area (TPSA) is 86.2 Å². The molecule has 0 heterocycles. The molecule has 1 amide bonds. The minimum Gasteiger partial charge on any atom is -0.490 e. The molecule has 0 unspecified atom stereocenters. The highest BCUT2D eigenvalue weighted by atomic mass is 35.5. The molecule has 0 aliphatic carbocycles. The Morgan fingerprint density at radius 2 is 1.73 bits per heavy atom. The van der Waals surface area contributed by atoms with Gasteiger partial charge in [-0.2, -0.15) is 5.10 Å². The van der Waals surface area contributed by atoms with Crippen LogP contribution in [0.3, 0.4) is 0 Å². The van der Waals surface area contributed by atoms with Crippen molar-refractivity contribution in [1.29, 1.82) is 0 Å². The lowest BCUT2D eigenvalue weighted by molar-refractivity contribution is -0.123. The van der Waals surface area contributed by atoms with Crippen molar-refractivity contribution in [1.82, 2.24) is 5.43 Å². The third-order valence-electron chi connectivity index (χ3n) is 4.12. The van der Waals surface area contributed by atoms with E-state index < -0.39 is 11.9 Å². The van der Waals surface area contributed by atoms with Gasteiger partial charge in [-0.3, -0.25) is 4.79 Å². The van der Waals surface area contributed by atoms with Crippen molar-refractivity contribution in [2.75, 3.05) is 13.2 Å². The summed E-state index contributed by atoms with van der Waals surface area (Å²) in [6.07, 6.45) is 1.44. The molecule has 0 aliphatic rings. The van der Waals surface area contributed by atoms with Crippen molar-refractivity contribution in [3.05, 3.63) is 87.9 Å². The first-order chi connectivity index (χ1) is 15.9. The van der Waals surface area contributed by atoms with E-state index in [0.717, 1.165) is 0 Å². The van der Waals surface area contributed by atoms with Crippen molar-refractivity contribution in [2.24, 2.45) is 5.10 Å². The molecule has 3 aromatic carbocycles. The van der Waals surface area contributed by atoms with Gasteiger partial charge in [-0.1, -0.05) is 29.3 Å². The van der Waals surface area contributed by atoms with Crippen LogP contribution in [0.4, 0.5) is 0 Å². The number of ether oxygens (including phenoxy) is 3. The van der Waals surface area contributed by atoms with Crippen LogP contribution in [0.25, 0.3) is 0 Å². The van der Waals surface area contributed by atoms with Crippen LogP contribution >= 0.6 is 23.2 Å². The van der Waals surface area contributed by atoms with Crippen molar-refractivity contribution in [2.45, 2.75) is 6.92 Å². The molecule has 0 atom stereocenters. The zero-order valence-corrected chi connectivity index (χ0v) is 19.1. The lowest BCUT2D eigenvalue weighted by Crippen LogP contribution is -2.24. The number of hydrogen-bond acceptors (Lipinski definition) is 6. The predicted octanol–water partition coefficient (Wildman–Crippen LogP) is 5.14. The van der Waals surface area contributed by atoms with Gasteiger partial charge in [0.1, 0.15) is 5.75 Å². The molecule has 0 aliphatic heterocycles. The standard InChI is InChI=1S/C24H20Cl2N2O5/c1-2-31-22-12-16(6-11-21(22)33-24(30)17-7-9-18(25)10-8-17)14-27-28-23(29)15-32-20-5-3-4-19(26)13-20/h3-14H,2,15H2,1H3,(H,28,29). The summed E-state index contributed by atoms with van der Waals surface area (Å²) in [6, 6.07) is 18.0. The molecule has 3 rings (SSSR count). The highest BCUT2D eigenvalue weighted by molar-refractivity contribution is 6.31. The Morgan fingerprint density at radius 3 is 2.45 bits per heavy atom. The molecule has 0 aromatic heterocycles. The fourth-order valence-electron chi connectivity index (χ4n) is 2.62. The van der Waals surface area contributed by atoms with Gasteiger partial charge in [0.15, 0.2) is 18.1 Å². The predicted molar refractivity (Wildman–Crippen MR) is 127 cm³/mol. The molecule has 0 saturated heterocycles. The monoisotopic (exact) mass is 486 g/mol. The molecule has 3 aromatic rings. The fourth-order valence-corrected chi connectivity index (χ4v) is 2.93. The number of hydrazone groups is 1. The second-order valence-electron chi connectivity index (χ2n) is 6.57. The largest absolute Gasteiger partial charge is 0.490 e. The average Bonchev–Trinajstić information content (AvgIpc) is 2.80. The van der Waals surface area contributed by atoms with E-state index in [2.05, 4.69) is 10.5 Å². The van der Waals surface area contributed by atoms with E-state index in [1.54, 1.807) is 66.7 Å². The molecule has 0 radical (unpaired) electrons. The maximum absolute atomic E-state index is 12.4. The molecule has 0 saturated carbocycles. The van der Waals surface area contributed by atoms with Crippen molar-refractivity contribution in [3.8, 4) is 17.2 Å². The Kier molecular flexibility index (Phi) is 8.69. The molecule has 33 heavy (non-hydrogen) atoms. The minimum atomic E-state index is -0.541. The first kappa shape index (κ1) is 24.1. The Morgan fingerprint density at radius 1 is 0.939 bits per heavy atom. The van der Waals surface area contributed by atoms with Gasteiger partial charge in [0.05, 0.1) is 18.4 Å². The van der Waals surface area contributed by atoms with Crippen LogP contribution in [-0.4, -0.2) is 31.3 Å². The molecule has 170 valence electrons. The summed E-state index contributed by atoms with van der Waals surface area (Å²) in [5.41, 5.74) is 3.36. The number of halogens is 2. The van der Waals surface area contributed by atoms with Crippen LogP contribution < -0.4 is 19.6 Å². The quantitative estimate of drug-likeness (QED) is 0.196. The van der Waals surface area contributed by atoms with Crippen LogP contribution in [0.15, 0.2) is 71.8 Å². The van der Waals surface area contributed by atoms with Crippen LogP contribution in [0.1, 0.15) is 22.8 Å². The molecular weight excluding hydrogens is 467 g/mol. The summed E-state index contributed by atoms with van der Waals surface area (Å²) in [7, 11) is 0. The van der Waals surface area contributed by atoms with Crippen molar-refractivity contribution in [3.63, 3.8) is 0 Å². The lowest BCUT2D eigenvalue weighted by Gasteiger charge is -2.11. The Hall–Kier alpha value is -3.55. The Labute approximate surface area is 200 Å². The third-order valence-corrected chi connectivity index (χ3v) is 4.61. The summed E-state index contributed by atoms with van der Waals surface area (Å²) in [5.74, 6) is 0.116. The van der Waals surface area contributed by atoms with Gasteiger partial charge < -0.3 is 14.2 Å². The zero-order valence-electron chi connectivity index (χ0n) is 17.6. The van der Waals surface area contributed by atoms with Crippen LogP contribution in [-0.2, 0) is 4.79 Å². The van der Waals surface area contributed by atoms with Gasteiger partial charge in [0, 0.05) is 10.0 Å². The number of rotatable bonds is 9. The van der Waals surface area contributed by atoms with Crippen LogP contribution in [0.5, 0.6) is 17.2 Å². The lowest BCUT2D eigenvalue weighted by atomic mass is 10.2. The highest BCUT2D eigenvalue weighted by Gasteiger charge is 2.13. The van der Waals surface area contributed by atoms with Gasteiger partial charge >= 0.3 is 5.97 Å². The molecule has 1 N–H and O–H groups in total. The molecule has 7 nitrogen and oxygen atoms in total. The number of amides is 1. The normalized spacial score (nSPS) is 10.6. The van der Waals surface area contributed by atoms with Crippen molar-refractivity contribution >= 4 is 41.3 Å². The third kappa shape index (κ3) is 7.52. The van der Waals surface area contributed by atoms with Gasteiger partial charge in [-0.25, -0.2) is 10.2 Å². The highest BCUT2D eigenvalue weighted by Crippen LogP contribution is 2.29. The number of carbonyl (C=O) groups excluding carboxylic acids is 2. The summed E-state index contributed by atoms with van der Waals surface area (Å²) in [5, 5.41) is 4.95. The maximum atomic E-state index is 12.4. The van der Waals surface area contributed by atoms with Gasteiger partial charge in [-0.15, -0.1) is 0 Å². The maximum Gasteiger partial charge on any atom is 0.343 e. The van der Waals surface area contributed by atoms with Gasteiger partial charge in [0.25, 0.3) is 5.91 Å². The number of carbonyl (C=O) groups is 2. The van der Waals surface area contributed by atoms with Crippen molar-refractivity contribution < 1.29 is 23.8 Å². The fraction of sp³-hybridized carbons (Fsp3) is 0.125. The van der Waals surface area contributed by atoms with Gasteiger partial charge in [-0.05, 0) is 73.2 Å².